The van der Waals surface area contributed by atoms with Gasteiger partial charge in [-0.05, 0) is 27.2 Å². The molecule has 0 aliphatic carbocycles. The van der Waals surface area contributed by atoms with E-state index in [-0.39, 0.29) is 6.42 Å². The van der Waals surface area contributed by atoms with Gasteiger partial charge in [-0.25, -0.2) is 13.5 Å². The lowest BCUT2D eigenvalue weighted by Crippen LogP contribution is -2.36. The van der Waals surface area contributed by atoms with Crippen molar-refractivity contribution in [3.63, 3.8) is 0 Å². The first-order valence-corrected chi connectivity index (χ1v) is 5.17. The van der Waals surface area contributed by atoms with E-state index in [0.29, 0.717) is 0 Å². The molecule has 0 N–H and O–H groups in total. The van der Waals surface area contributed by atoms with Crippen LogP contribution in [-0.2, 0) is 14.9 Å². The first-order valence-electron chi connectivity index (χ1n) is 3.62. The molecule has 67 valence electrons. The van der Waals surface area contributed by atoms with Gasteiger partial charge in [-0.15, -0.1) is 0 Å². The average molecular weight is 179 g/mol. The molecule has 0 saturated heterocycles. The Bertz CT molecular complexity index is 210. The number of hydrogen-bond acceptors (Lipinski definition) is 2. The second kappa shape index (κ2) is 3.11. The molecule has 0 fully saturated rings. The quantitative estimate of drug-likeness (QED) is 0.642. The Morgan fingerprint density at radius 3 is 1.73 bits per heavy atom. The largest absolute Gasteiger partial charge is 0.225 e. The maximum atomic E-state index is 11.3. The van der Waals surface area contributed by atoms with Gasteiger partial charge in [0.1, 0.15) is 0 Å². The summed E-state index contributed by atoms with van der Waals surface area (Å²) in [5, 5.41) is 11.0. The van der Waals surface area contributed by atoms with E-state index in [1.54, 1.807) is 27.7 Å². The van der Waals surface area contributed by atoms with E-state index in [1.165, 1.54) is 0 Å². The van der Waals surface area contributed by atoms with Crippen molar-refractivity contribution in [1.82, 2.24) is 0 Å². The summed E-state index contributed by atoms with van der Waals surface area (Å²) in [7, 11) is -3.48. The second-order valence-corrected chi connectivity index (χ2v) is 6.34. The highest BCUT2D eigenvalue weighted by Gasteiger charge is 2.35. The molecule has 1 unspecified atom stereocenters. The van der Waals surface area contributed by atoms with Crippen LogP contribution in [0.3, 0.4) is 0 Å². The topological polar surface area (TPSA) is 54.0 Å². The van der Waals surface area contributed by atoms with Crippen LogP contribution in [0.2, 0.25) is 0 Å². The van der Waals surface area contributed by atoms with Gasteiger partial charge in [-0.1, -0.05) is 6.92 Å². The molecule has 0 heterocycles. The van der Waals surface area contributed by atoms with Crippen LogP contribution < -0.4 is 0 Å². The van der Waals surface area contributed by atoms with Gasteiger partial charge in [-0.2, -0.15) is 0 Å². The lowest BCUT2D eigenvalue weighted by molar-refractivity contribution is 0.149. The molecule has 11 heavy (non-hydrogen) atoms. The van der Waals surface area contributed by atoms with E-state index in [1.807, 2.05) is 0 Å². The van der Waals surface area contributed by atoms with Crippen molar-refractivity contribution in [1.29, 1.82) is 0 Å². The first kappa shape index (κ1) is 10.9. The summed E-state index contributed by atoms with van der Waals surface area (Å²) in [6, 6.07) is 0. The van der Waals surface area contributed by atoms with E-state index in [9.17, 15) is 13.5 Å². The van der Waals surface area contributed by atoms with Crippen LogP contribution in [0.5, 0.6) is 0 Å². The Hall–Kier alpha value is -0.0900. The zero-order valence-corrected chi connectivity index (χ0v) is 8.23. The van der Waals surface area contributed by atoms with E-state index < -0.39 is 20.0 Å². The fraction of sp³-hybridized carbons (Fsp3) is 1.00. The van der Waals surface area contributed by atoms with Crippen LogP contribution in [0.4, 0.5) is 0 Å². The summed E-state index contributed by atoms with van der Waals surface area (Å²) in [6.07, 6.45) is 0.138. The second-order valence-electron chi connectivity index (χ2n) is 3.50. The smallest absolute Gasteiger partial charge is 0.194 e. The highest BCUT2D eigenvalue weighted by Crippen LogP contribution is 2.20. The Kier molecular flexibility index (Phi) is 3.08. The van der Waals surface area contributed by atoms with Crippen molar-refractivity contribution in [3.8, 4) is 0 Å². The van der Waals surface area contributed by atoms with Crippen LogP contribution >= 0.6 is 0 Å². The molecule has 0 aromatic rings. The molecule has 1 radical (unpaired) electrons. The average Bonchev–Trinajstić information content (AvgIpc) is 1.83. The van der Waals surface area contributed by atoms with Crippen molar-refractivity contribution in [2.45, 2.75) is 44.3 Å². The van der Waals surface area contributed by atoms with Crippen molar-refractivity contribution in [2.24, 2.45) is 0 Å². The Balaban J connectivity index is 4.77. The van der Waals surface area contributed by atoms with Crippen molar-refractivity contribution in [3.05, 3.63) is 0 Å². The molecule has 0 aromatic heterocycles. The van der Waals surface area contributed by atoms with Gasteiger partial charge in [0.25, 0.3) is 0 Å². The highest BCUT2D eigenvalue weighted by atomic mass is 32.2. The van der Waals surface area contributed by atoms with Crippen LogP contribution in [0.25, 0.3) is 0 Å². The summed E-state index contributed by atoms with van der Waals surface area (Å²) >= 11 is 0. The van der Waals surface area contributed by atoms with E-state index in [4.69, 9.17) is 0 Å². The first-order chi connectivity index (χ1) is 4.73. The monoisotopic (exact) mass is 179 g/mol. The molecule has 0 aromatic carbocycles. The van der Waals surface area contributed by atoms with Gasteiger partial charge in [0, 0.05) is 0 Å². The summed E-state index contributed by atoms with van der Waals surface area (Å²) < 4.78 is 21.6. The van der Waals surface area contributed by atoms with Crippen LogP contribution in [0.1, 0.15) is 34.1 Å². The molecule has 0 saturated carbocycles. The van der Waals surface area contributed by atoms with Gasteiger partial charge >= 0.3 is 0 Å². The summed E-state index contributed by atoms with van der Waals surface area (Å²) in [4.78, 5) is 0. The molecule has 4 heteroatoms. The SMILES string of the molecule is CCC([O])S(=O)(=O)C(C)(C)C. The summed E-state index contributed by atoms with van der Waals surface area (Å²) in [6.45, 7) is 6.22. The fourth-order valence-corrected chi connectivity index (χ4v) is 1.84. The van der Waals surface area contributed by atoms with Gasteiger partial charge in [-0.3, -0.25) is 0 Å². The predicted octanol–water partition coefficient (Wildman–Crippen LogP) is 1.37. The molecule has 0 aliphatic heterocycles. The van der Waals surface area contributed by atoms with Crippen molar-refractivity contribution >= 4 is 9.84 Å². The number of hydrogen-bond donors (Lipinski definition) is 0. The molecule has 0 aliphatic rings. The maximum absolute atomic E-state index is 11.3. The van der Waals surface area contributed by atoms with Gasteiger partial charge in [0.15, 0.2) is 15.3 Å². The third kappa shape index (κ3) is 2.17. The Morgan fingerprint density at radius 2 is 1.64 bits per heavy atom. The lowest BCUT2D eigenvalue weighted by atomic mass is 10.3. The predicted molar refractivity (Wildman–Crippen MR) is 43.4 cm³/mol. The lowest BCUT2D eigenvalue weighted by Gasteiger charge is -2.21. The van der Waals surface area contributed by atoms with Crippen LogP contribution in [0, 0.1) is 0 Å². The fourth-order valence-electron chi connectivity index (χ4n) is 0.614. The standard InChI is InChI=1S/C7H15O3S/c1-5-6(8)11(9,10)7(2,3)4/h6H,5H2,1-4H3. The maximum Gasteiger partial charge on any atom is 0.194 e. The molecule has 0 amide bonds. The summed E-state index contributed by atoms with van der Waals surface area (Å²) in [5.41, 5.74) is -1.47. The minimum atomic E-state index is -3.48. The highest BCUT2D eigenvalue weighted by molar-refractivity contribution is 7.93. The van der Waals surface area contributed by atoms with Crippen LogP contribution in [0.15, 0.2) is 0 Å². The molecular weight excluding hydrogens is 164 g/mol. The number of sulfone groups is 1. The molecule has 1 atom stereocenters. The molecule has 0 rings (SSSR count). The normalized spacial score (nSPS) is 16.5. The summed E-state index contributed by atoms with van der Waals surface area (Å²) in [5.74, 6) is 0. The molecule has 0 bridgehead atoms. The van der Waals surface area contributed by atoms with Crippen molar-refractivity contribution < 1.29 is 13.5 Å². The number of rotatable bonds is 2. The molecule has 3 nitrogen and oxygen atoms in total. The van der Waals surface area contributed by atoms with E-state index in [0.717, 1.165) is 0 Å². The Labute approximate surface area is 68.3 Å². The van der Waals surface area contributed by atoms with Gasteiger partial charge < -0.3 is 0 Å². The molecule has 0 spiro atoms. The van der Waals surface area contributed by atoms with E-state index >= 15 is 0 Å². The third-order valence-corrected chi connectivity index (χ3v) is 4.27. The minimum Gasteiger partial charge on any atom is -0.225 e. The molecular formula is C7H15O3S. The Morgan fingerprint density at radius 1 is 1.27 bits per heavy atom. The minimum absolute atomic E-state index is 0.138. The van der Waals surface area contributed by atoms with E-state index in [2.05, 4.69) is 0 Å². The van der Waals surface area contributed by atoms with Crippen LogP contribution in [-0.4, -0.2) is 18.6 Å². The van der Waals surface area contributed by atoms with Gasteiger partial charge in [0.05, 0.1) is 4.75 Å². The zero-order valence-electron chi connectivity index (χ0n) is 7.42. The third-order valence-electron chi connectivity index (χ3n) is 1.53. The van der Waals surface area contributed by atoms with Crippen molar-refractivity contribution in [2.75, 3.05) is 0 Å². The zero-order chi connectivity index (χ0) is 9.28. The van der Waals surface area contributed by atoms with Gasteiger partial charge in [0.2, 0.25) is 0 Å².